The van der Waals surface area contributed by atoms with Crippen LogP contribution >= 0.6 is 11.8 Å². The average molecular weight is 364 g/mol. The van der Waals surface area contributed by atoms with E-state index in [2.05, 4.69) is 5.32 Å². The van der Waals surface area contributed by atoms with Gasteiger partial charge in [0.25, 0.3) is 0 Å². The van der Waals surface area contributed by atoms with Crippen LogP contribution in [0.15, 0.2) is 23.1 Å². The zero-order valence-electron chi connectivity index (χ0n) is 12.8. The summed E-state index contributed by atoms with van der Waals surface area (Å²) in [6, 6.07) is 1.30. The molecular formula is C14H18F2N2O3S2. The topological polar surface area (TPSA) is 66.5 Å². The van der Waals surface area contributed by atoms with Crippen molar-refractivity contribution < 1.29 is 22.0 Å². The van der Waals surface area contributed by atoms with Crippen molar-refractivity contribution in [2.24, 2.45) is 0 Å². The van der Waals surface area contributed by atoms with Crippen LogP contribution in [0.4, 0.5) is 8.78 Å². The maximum absolute atomic E-state index is 13.8. The Balaban J connectivity index is 2.29. The summed E-state index contributed by atoms with van der Waals surface area (Å²) in [5.74, 6) is -2.08. The van der Waals surface area contributed by atoms with Gasteiger partial charge in [0.2, 0.25) is 15.9 Å². The molecule has 1 amide bonds. The van der Waals surface area contributed by atoms with E-state index in [1.165, 1.54) is 11.8 Å². The number of hydrogen-bond donors (Lipinski definition) is 1. The van der Waals surface area contributed by atoms with E-state index in [9.17, 15) is 22.0 Å². The molecule has 0 saturated carbocycles. The molecule has 2 atom stereocenters. The summed E-state index contributed by atoms with van der Waals surface area (Å²) in [5.41, 5.74) is 0. The Morgan fingerprint density at radius 2 is 2.17 bits per heavy atom. The van der Waals surface area contributed by atoms with Crippen LogP contribution in [-0.2, 0) is 14.8 Å². The quantitative estimate of drug-likeness (QED) is 0.867. The highest BCUT2D eigenvalue weighted by Gasteiger charge is 2.41. The van der Waals surface area contributed by atoms with Gasteiger partial charge in [0.15, 0.2) is 0 Å². The first-order valence-electron chi connectivity index (χ1n) is 7.12. The minimum absolute atomic E-state index is 0.0533. The van der Waals surface area contributed by atoms with E-state index in [0.29, 0.717) is 18.2 Å². The second kappa shape index (κ2) is 7.14. The number of amides is 1. The highest BCUT2D eigenvalue weighted by atomic mass is 32.2. The molecule has 2 rings (SSSR count). The van der Waals surface area contributed by atoms with E-state index in [1.807, 2.05) is 13.8 Å². The summed E-state index contributed by atoms with van der Waals surface area (Å²) in [6.07, 6.45) is 0.713. The fraction of sp³-hybridized carbons (Fsp3) is 0.500. The lowest BCUT2D eigenvalue weighted by molar-refractivity contribution is -0.124. The highest BCUT2D eigenvalue weighted by molar-refractivity contribution is 8.00. The molecule has 9 heteroatoms. The maximum Gasteiger partial charge on any atom is 0.247 e. The van der Waals surface area contributed by atoms with Crippen molar-refractivity contribution in [3.05, 3.63) is 29.8 Å². The Morgan fingerprint density at radius 3 is 2.78 bits per heavy atom. The molecule has 0 radical (unpaired) electrons. The van der Waals surface area contributed by atoms with Gasteiger partial charge in [-0.2, -0.15) is 4.31 Å². The normalized spacial score (nSPS) is 20.4. The Bertz CT molecular complexity index is 697. The lowest BCUT2D eigenvalue weighted by Gasteiger charge is -2.24. The Kier molecular flexibility index (Phi) is 5.64. The average Bonchev–Trinajstić information content (AvgIpc) is 2.96. The first-order valence-corrected chi connectivity index (χ1v) is 9.71. The summed E-state index contributed by atoms with van der Waals surface area (Å²) < 4.78 is 53.0. The summed E-state index contributed by atoms with van der Waals surface area (Å²) in [5, 5.41) is 2.74. The van der Waals surface area contributed by atoms with E-state index in [1.54, 1.807) is 0 Å². The van der Waals surface area contributed by atoms with Gasteiger partial charge in [-0.15, -0.1) is 11.8 Å². The number of thioether (sulfide) groups is 1. The van der Waals surface area contributed by atoms with E-state index in [4.69, 9.17) is 0 Å². The summed E-state index contributed by atoms with van der Waals surface area (Å²) in [6.45, 7) is 3.72. The van der Waals surface area contributed by atoms with E-state index in [0.717, 1.165) is 16.4 Å². The second-order valence-electron chi connectivity index (χ2n) is 5.30. The molecule has 1 aliphatic rings. The molecule has 1 aromatic carbocycles. The standard InChI is InChI=1S/C14H18F2N2O3S2/c1-3-9(2)17-14(19)12-7-22-8-18(12)23(20,21)13-5-4-10(15)6-11(13)16/h4-6,9,12H,3,7-8H2,1-2H3,(H,17,19). The molecule has 1 N–H and O–H groups in total. The smallest absolute Gasteiger partial charge is 0.247 e. The van der Waals surface area contributed by atoms with Gasteiger partial charge < -0.3 is 5.32 Å². The number of carbonyl (C=O) groups excluding carboxylic acids is 1. The molecule has 0 spiro atoms. The second-order valence-corrected chi connectivity index (χ2v) is 8.16. The molecule has 1 saturated heterocycles. The molecule has 1 fully saturated rings. The molecule has 5 nitrogen and oxygen atoms in total. The summed E-state index contributed by atoms with van der Waals surface area (Å²) >= 11 is 1.27. The lowest BCUT2D eigenvalue weighted by Crippen LogP contribution is -2.49. The van der Waals surface area contributed by atoms with Gasteiger partial charge in [-0.1, -0.05) is 6.92 Å². The van der Waals surface area contributed by atoms with Crippen LogP contribution in [0.1, 0.15) is 20.3 Å². The number of benzene rings is 1. The van der Waals surface area contributed by atoms with Gasteiger partial charge in [-0.05, 0) is 25.5 Å². The van der Waals surface area contributed by atoms with Crippen molar-refractivity contribution in [3.63, 3.8) is 0 Å². The molecule has 1 heterocycles. The third-order valence-corrected chi connectivity index (χ3v) is 6.69. The fourth-order valence-corrected chi connectivity index (χ4v) is 5.32. The SMILES string of the molecule is CCC(C)NC(=O)C1CSCN1S(=O)(=O)c1ccc(F)cc1F. The van der Waals surface area contributed by atoms with Crippen LogP contribution in [0.2, 0.25) is 0 Å². The van der Waals surface area contributed by atoms with Gasteiger partial charge >= 0.3 is 0 Å². The van der Waals surface area contributed by atoms with Crippen molar-refractivity contribution in [3.8, 4) is 0 Å². The molecule has 128 valence electrons. The zero-order valence-corrected chi connectivity index (χ0v) is 14.4. The predicted octanol–water partition coefficient (Wildman–Crippen LogP) is 1.94. The van der Waals surface area contributed by atoms with E-state index in [-0.39, 0.29) is 11.9 Å². The number of carbonyl (C=O) groups is 1. The maximum atomic E-state index is 13.8. The van der Waals surface area contributed by atoms with E-state index < -0.39 is 38.5 Å². The first-order chi connectivity index (χ1) is 10.8. The minimum Gasteiger partial charge on any atom is -0.352 e. The molecule has 0 aliphatic carbocycles. The number of rotatable bonds is 5. The van der Waals surface area contributed by atoms with Crippen molar-refractivity contribution in [2.45, 2.75) is 37.2 Å². The number of hydrogen-bond acceptors (Lipinski definition) is 4. The number of halogens is 2. The monoisotopic (exact) mass is 364 g/mol. The van der Waals surface area contributed by atoms with Crippen LogP contribution in [-0.4, -0.2) is 42.3 Å². The minimum atomic E-state index is -4.21. The fourth-order valence-electron chi connectivity index (χ4n) is 2.12. The van der Waals surface area contributed by atoms with Gasteiger partial charge in [-0.25, -0.2) is 17.2 Å². The van der Waals surface area contributed by atoms with Crippen LogP contribution in [0.25, 0.3) is 0 Å². The van der Waals surface area contributed by atoms with Crippen LogP contribution in [0.3, 0.4) is 0 Å². The molecule has 0 bridgehead atoms. The van der Waals surface area contributed by atoms with Gasteiger partial charge in [0, 0.05) is 17.9 Å². The first kappa shape index (κ1) is 18.2. The Hall–Kier alpha value is -1.19. The molecule has 0 aromatic heterocycles. The molecule has 1 aliphatic heterocycles. The van der Waals surface area contributed by atoms with Crippen LogP contribution in [0.5, 0.6) is 0 Å². The number of nitrogens with one attached hydrogen (secondary N) is 1. The summed E-state index contributed by atoms with van der Waals surface area (Å²) in [4.78, 5) is 11.6. The largest absolute Gasteiger partial charge is 0.352 e. The van der Waals surface area contributed by atoms with Gasteiger partial charge in [0.1, 0.15) is 22.6 Å². The highest BCUT2D eigenvalue weighted by Crippen LogP contribution is 2.29. The Labute approximate surface area is 138 Å². The molecule has 1 aromatic rings. The van der Waals surface area contributed by atoms with Crippen molar-refractivity contribution in [1.29, 1.82) is 0 Å². The third-order valence-electron chi connectivity index (χ3n) is 3.63. The molecular weight excluding hydrogens is 346 g/mol. The van der Waals surface area contributed by atoms with Gasteiger partial charge in [0.05, 0.1) is 5.88 Å². The van der Waals surface area contributed by atoms with Crippen molar-refractivity contribution in [1.82, 2.24) is 9.62 Å². The zero-order chi connectivity index (χ0) is 17.2. The Morgan fingerprint density at radius 1 is 1.48 bits per heavy atom. The third kappa shape index (κ3) is 3.84. The lowest BCUT2D eigenvalue weighted by atomic mass is 10.2. The van der Waals surface area contributed by atoms with E-state index >= 15 is 0 Å². The molecule has 23 heavy (non-hydrogen) atoms. The molecule has 2 unspecified atom stereocenters. The van der Waals surface area contributed by atoms with Crippen molar-refractivity contribution >= 4 is 27.7 Å². The van der Waals surface area contributed by atoms with Crippen molar-refractivity contribution in [2.75, 3.05) is 11.6 Å². The van der Waals surface area contributed by atoms with Crippen LogP contribution < -0.4 is 5.32 Å². The predicted molar refractivity (Wildman–Crippen MR) is 84.4 cm³/mol. The number of nitrogens with zero attached hydrogens (tertiary/aromatic N) is 1. The number of sulfonamides is 1. The summed E-state index contributed by atoms with van der Waals surface area (Å²) in [7, 11) is -4.21. The van der Waals surface area contributed by atoms with Crippen LogP contribution in [0, 0.1) is 11.6 Å². The van der Waals surface area contributed by atoms with Gasteiger partial charge in [-0.3, -0.25) is 4.79 Å².